The van der Waals surface area contributed by atoms with Gasteiger partial charge in [0.15, 0.2) is 0 Å². The highest BCUT2D eigenvalue weighted by molar-refractivity contribution is 6.12. The molecule has 1 amide bonds. The molecule has 0 bridgehead atoms. The van der Waals surface area contributed by atoms with Crippen LogP contribution in [0.4, 0.5) is 5.82 Å². The number of aryl methyl sites for hydroxylation is 2. The molecule has 2 aromatic rings. The molecule has 42 heavy (non-hydrogen) atoms. The normalized spacial score (nSPS) is 15.8. The number of nitrogens with one attached hydrogen (secondary N) is 1. The van der Waals surface area contributed by atoms with Crippen LogP contribution in [0.2, 0.25) is 0 Å². The van der Waals surface area contributed by atoms with Crippen molar-refractivity contribution in [2.75, 3.05) is 25.4 Å². The molecule has 0 spiro atoms. The fourth-order valence-electron chi connectivity index (χ4n) is 4.75. The van der Waals surface area contributed by atoms with Crippen LogP contribution in [0.15, 0.2) is 41.5 Å². The van der Waals surface area contributed by atoms with Crippen LogP contribution >= 0.6 is 0 Å². The van der Waals surface area contributed by atoms with E-state index in [1.807, 2.05) is 19.9 Å². The number of hydrogen-bond acceptors (Lipinski definition) is 6. The van der Waals surface area contributed by atoms with Gasteiger partial charge in [0.05, 0.1) is 24.8 Å². The minimum Gasteiger partial charge on any atom is -0.383 e. The standard InChI is InChI=1S/C14H21NO.C10H10N4O.C9H20.C2H6/c1-3-13-8-12(5-4-11(13)2)10-16-14-6-7-15-9-14;11-9-8(10(12)15)3-7(5-14-9)6-1-2-13-4-6;1-4-6-8-9(3)7-5-2;1-2/h4-5,8,14-15H,3,6-7,9-10H2,1-2H3;1,3-5H,2H2,(H2,11,14)(H2,12,15);9H,4-8H2,1-3H3;1-2H3. The van der Waals surface area contributed by atoms with Crippen LogP contribution in [0.1, 0.15) is 113 Å². The van der Waals surface area contributed by atoms with Gasteiger partial charge in [0.1, 0.15) is 5.82 Å². The Morgan fingerprint density at radius 3 is 2.48 bits per heavy atom. The van der Waals surface area contributed by atoms with Crippen LogP contribution in [0.3, 0.4) is 0 Å². The Labute approximate surface area is 255 Å². The number of anilines is 1. The van der Waals surface area contributed by atoms with Crippen molar-refractivity contribution in [1.29, 1.82) is 0 Å². The van der Waals surface area contributed by atoms with Crippen molar-refractivity contribution < 1.29 is 9.53 Å². The second kappa shape index (κ2) is 21.6. The maximum atomic E-state index is 11.0. The number of allylic oxidation sites excluding steroid dienone is 1. The average molecular weight is 580 g/mol. The van der Waals surface area contributed by atoms with Crippen LogP contribution in [0.25, 0.3) is 5.57 Å². The van der Waals surface area contributed by atoms with Crippen LogP contribution in [0.5, 0.6) is 0 Å². The maximum absolute atomic E-state index is 11.0. The number of carbonyl (C=O) groups excluding carboxylic acids is 1. The molecule has 1 fully saturated rings. The Kier molecular flexibility index (Phi) is 19.1. The van der Waals surface area contributed by atoms with E-state index in [4.69, 9.17) is 16.2 Å². The van der Waals surface area contributed by atoms with Gasteiger partial charge in [0.25, 0.3) is 5.91 Å². The highest BCUT2D eigenvalue weighted by Gasteiger charge is 2.14. The molecular formula is C35H57N5O2. The molecule has 2 unspecified atom stereocenters. The lowest BCUT2D eigenvalue weighted by Gasteiger charge is -2.12. The van der Waals surface area contributed by atoms with E-state index in [-0.39, 0.29) is 11.4 Å². The first-order chi connectivity index (χ1) is 20.3. The molecule has 1 saturated heterocycles. The van der Waals surface area contributed by atoms with Gasteiger partial charge in [-0.3, -0.25) is 9.79 Å². The molecule has 5 N–H and O–H groups in total. The molecule has 0 radical (unpaired) electrons. The lowest BCUT2D eigenvalue weighted by atomic mass is 10.00. The van der Waals surface area contributed by atoms with Crippen LogP contribution < -0.4 is 16.8 Å². The van der Waals surface area contributed by atoms with E-state index in [1.165, 1.54) is 48.8 Å². The molecule has 7 heteroatoms. The number of unbranched alkanes of at least 4 members (excludes halogenated alkanes) is 1. The maximum Gasteiger partial charge on any atom is 0.252 e. The SMILES string of the molecule is CC.CCCCC(C)CCC.CCc1cc(COC2CCNC2)ccc1C.NC(=O)c1cc(C2=CCN=C2)cnc1N. The number of amides is 1. The van der Waals surface area contributed by atoms with Gasteiger partial charge in [-0.2, -0.15) is 0 Å². The summed E-state index contributed by atoms with van der Waals surface area (Å²) in [6.07, 6.45) is 14.9. The second-order valence-electron chi connectivity index (χ2n) is 10.8. The molecule has 0 aliphatic carbocycles. The molecular weight excluding hydrogens is 522 g/mol. The zero-order valence-corrected chi connectivity index (χ0v) is 27.3. The molecule has 1 aromatic heterocycles. The van der Waals surface area contributed by atoms with E-state index >= 15 is 0 Å². The Bertz CT molecular complexity index is 1110. The third-order valence-electron chi connectivity index (χ3n) is 7.29. The average Bonchev–Trinajstić information content (AvgIpc) is 3.73. The second-order valence-corrected chi connectivity index (χ2v) is 10.8. The smallest absolute Gasteiger partial charge is 0.252 e. The molecule has 2 aliphatic rings. The number of nitrogens with two attached hydrogens (primary N) is 2. The van der Waals surface area contributed by atoms with Crippen molar-refractivity contribution >= 4 is 23.5 Å². The molecule has 0 saturated carbocycles. The fourth-order valence-corrected chi connectivity index (χ4v) is 4.75. The lowest BCUT2D eigenvalue weighted by molar-refractivity contribution is 0.0542. The minimum atomic E-state index is -0.572. The van der Waals surface area contributed by atoms with Crippen LogP contribution in [-0.2, 0) is 17.8 Å². The van der Waals surface area contributed by atoms with E-state index in [1.54, 1.807) is 18.5 Å². The monoisotopic (exact) mass is 579 g/mol. The first kappa shape index (κ1) is 37.0. The topological polar surface area (TPSA) is 116 Å². The predicted molar refractivity (Wildman–Crippen MR) is 180 cm³/mol. The number of carbonyl (C=O) groups is 1. The van der Waals surface area contributed by atoms with E-state index < -0.39 is 5.91 Å². The van der Waals surface area contributed by atoms with Crippen LogP contribution in [-0.4, -0.2) is 42.8 Å². The van der Waals surface area contributed by atoms with Crippen molar-refractivity contribution in [3.8, 4) is 0 Å². The molecule has 2 aliphatic heterocycles. The molecule has 1 aromatic carbocycles. The first-order valence-corrected chi connectivity index (χ1v) is 15.9. The van der Waals surface area contributed by atoms with Gasteiger partial charge >= 0.3 is 0 Å². The molecule has 2 atom stereocenters. The zero-order chi connectivity index (χ0) is 31.3. The molecule has 3 heterocycles. The third kappa shape index (κ3) is 13.8. The number of aliphatic imine (C=N–C) groups is 1. The number of primary amides is 1. The quantitative estimate of drug-likeness (QED) is 0.258. The summed E-state index contributed by atoms with van der Waals surface area (Å²) >= 11 is 0. The number of ether oxygens (including phenoxy) is 1. The molecule has 7 nitrogen and oxygen atoms in total. The number of rotatable bonds is 11. The summed E-state index contributed by atoms with van der Waals surface area (Å²) < 4.78 is 5.87. The number of nitrogen functional groups attached to an aromatic ring is 1. The van der Waals surface area contributed by atoms with Crippen molar-refractivity contribution in [3.05, 3.63) is 64.4 Å². The summed E-state index contributed by atoms with van der Waals surface area (Å²) in [5, 5.41) is 3.32. The van der Waals surface area contributed by atoms with E-state index in [9.17, 15) is 4.79 Å². The fraction of sp³-hybridized carbons (Fsp3) is 0.571. The number of aromatic nitrogens is 1. The number of hydrogen-bond donors (Lipinski definition) is 3. The summed E-state index contributed by atoms with van der Waals surface area (Å²) in [5.74, 6) is 0.550. The van der Waals surface area contributed by atoms with Crippen molar-refractivity contribution in [2.24, 2.45) is 16.6 Å². The minimum absolute atomic E-state index is 0.154. The van der Waals surface area contributed by atoms with Gasteiger partial charge in [-0.15, -0.1) is 0 Å². The Balaban J connectivity index is 0.000000318. The van der Waals surface area contributed by atoms with Crippen molar-refractivity contribution in [2.45, 2.75) is 106 Å². The first-order valence-electron chi connectivity index (χ1n) is 15.9. The van der Waals surface area contributed by atoms with Gasteiger partial charge in [-0.25, -0.2) is 4.98 Å². The predicted octanol–water partition coefficient (Wildman–Crippen LogP) is 7.31. The Morgan fingerprint density at radius 2 is 1.90 bits per heavy atom. The van der Waals surface area contributed by atoms with E-state index in [0.29, 0.717) is 12.6 Å². The van der Waals surface area contributed by atoms with Gasteiger partial charge in [0, 0.05) is 24.5 Å². The Hall–Kier alpha value is -3.03. The largest absolute Gasteiger partial charge is 0.383 e. The van der Waals surface area contributed by atoms with E-state index in [0.717, 1.165) is 49.6 Å². The summed E-state index contributed by atoms with van der Waals surface area (Å²) in [4.78, 5) is 19.0. The van der Waals surface area contributed by atoms with E-state index in [2.05, 4.69) is 68.1 Å². The number of nitrogens with zero attached hydrogens (tertiary/aromatic N) is 2. The van der Waals surface area contributed by atoms with Gasteiger partial charge in [0.2, 0.25) is 0 Å². The van der Waals surface area contributed by atoms with Crippen LogP contribution in [0, 0.1) is 12.8 Å². The molecule has 4 rings (SSSR count). The highest BCUT2D eigenvalue weighted by Crippen LogP contribution is 2.19. The third-order valence-corrected chi connectivity index (χ3v) is 7.29. The summed E-state index contributed by atoms with van der Waals surface area (Å²) in [5.41, 5.74) is 16.8. The summed E-state index contributed by atoms with van der Waals surface area (Å²) in [6.45, 7) is 18.8. The summed E-state index contributed by atoms with van der Waals surface area (Å²) in [6, 6.07) is 8.28. The van der Waals surface area contributed by atoms with Crippen molar-refractivity contribution in [3.63, 3.8) is 0 Å². The Morgan fingerprint density at radius 1 is 1.14 bits per heavy atom. The van der Waals surface area contributed by atoms with Gasteiger partial charge < -0.3 is 21.5 Å². The lowest BCUT2D eigenvalue weighted by Crippen LogP contribution is -2.16. The number of pyridine rings is 1. The highest BCUT2D eigenvalue weighted by atomic mass is 16.5. The van der Waals surface area contributed by atoms with Crippen molar-refractivity contribution in [1.82, 2.24) is 10.3 Å². The summed E-state index contributed by atoms with van der Waals surface area (Å²) in [7, 11) is 0. The van der Waals surface area contributed by atoms with Gasteiger partial charge in [-0.05, 0) is 60.6 Å². The van der Waals surface area contributed by atoms with Gasteiger partial charge in [-0.1, -0.05) is 97.9 Å². The zero-order valence-electron chi connectivity index (χ0n) is 27.3. The molecule has 234 valence electrons. The number of benzene rings is 1.